The fraction of sp³-hybridized carbons (Fsp3) is 0.923. The van der Waals surface area contributed by atoms with Crippen LogP contribution in [-0.4, -0.2) is 42.6 Å². The minimum atomic E-state index is -0.469. The van der Waals surface area contributed by atoms with Crippen LogP contribution >= 0.6 is 0 Å². The molecular formula is C13H26N2O2. The van der Waals surface area contributed by atoms with Crippen molar-refractivity contribution in [1.29, 1.82) is 0 Å². The van der Waals surface area contributed by atoms with Gasteiger partial charge >= 0.3 is 5.97 Å². The lowest BCUT2D eigenvalue weighted by atomic mass is 10.1. The molecule has 4 heteroatoms. The summed E-state index contributed by atoms with van der Waals surface area (Å²) in [6.07, 6.45) is 3.28. The van der Waals surface area contributed by atoms with E-state index in [0.29, 0.717) is 18.9 Å². The first-order chi connectivity index (χ1) is 8.04. The second-order valence-corrected chi connectivity index (χ2v) is 5.27. The van der Waals surface area contributed by atoms with Crippen LogP contribution in [0.3, 0.4) is 0 Å². The summed E-state index contributed by atoms with van der Waals surface area (Å²) in [6.45, 7) is 8.66. The van der Waals surface area contributed by atoms with E-state index in [0.717, 1.165) is 19.1 Å². The Hall–Kier alpha value is -0.610. The van der Waals surface area contributed by atoms with Gasteiger partial charge in [0.15, 0.2) is 0 Å². The summed E-state index contributed by atoms with van der Waals surface area (Å²) in [5, 5.41) is 0. The van der Waals surface area contributed by atoms with Gasteiger partial charge in [-0.15, -0.1) is 0 Å². The van der Waals surface area contributed by atoms with E-state index in [-0.39, 0.29) is 5.97 Å². The van der Waals surface area contributed by atoms with Gasteiger partial charge < -0.3 is 15.4 Å². The monoisotopic (exact) mass is 242 g/mol. The van der Waals surface area contributed by atoms with Crippen molar-refractivity contribution in [2.75, 3.05) is 19.7 Å². The first-order valence-corrected chi connectivity index (χ1v) is 6.70. The maximum Gasteiger partial charge on any atom is 0.322 e. The maximum atomic E-state index is 11.4. The molecule has 100 valence electrons. The van der Waals surface area contributed by atoms with Crippen LogP contribution in [0.5, 0.6) is 0 Å². The lowest BCUT2D eigenvalue weighted by molar-refractivity contribution is -0.144. The Morgan fingerprint density at radius 3 is 2.59 bits per heavy atom. The molecule has 1 aliphatic rings. The molecule has 0 amide bonds. The Morgan fingerprint density at radius 2 is 2.12 bits per heavy atom. The van der Waals surface area contributed by atoms with Crippen LogP contribution in [-0.2, 0) is 9.53 Å². The number of rotatable bonds is 8. The number of ether oxygens (including phenoxy) is 1. The van der Waals surface area contributed by atoms with Crippen molar-refractivity contribution in [1.82, 2.24) is 4.90 Å². The van der Waals surface area contributed by atoms with Crippen molar-refractivity contribution in [2.24, 2.45) is 11.7 Å². The molecule has 1 fully saturated rings. The Balaban J connectivity index is 2.28. The van der Waals surface area contributed by atoms with E-state index in [1.165, 1.54) is 12.8 Å². The molecule has 17 heavy (non-hydrogen) atoms. The minimum absolute atomic E-state index is 0.271. The zero-order chi connectivity index (χ0) is 12.8. The SMILES string of the molecule is CCOC(=O)C(N)CCN(CC(C)C)C1CC1. The van der Waals surface area contributed by atoms with Crippen molar-refractivity contribution in [3.8, 4) is 0 Å². The van der Waals surface area contributed by atoms with Crippen molar-refractivity contribution < 1.29 is 9.53 Å². The molecule has 1 unspecified atom stereocenters. The molecule has 0 aliphatic heterocycles. The number of hydrogen-bond donors (Lipinski definition) is 1. The Bertz CT molecular complexity index is 240. The van der Waals surface area contributed by atoms with Gasteiger partial charge in [0, 0.05) is 19.1 Å². The van der Waals surface area contributed by atoms with Crippen LogP contribution in [0.1, 0.15) is 40.0 Å². The van der Waals surface area contributed by atoms with E-state index < -0.39 is 6.04 Å². The molecule has 1 saturated carbocycles. The molecule has 0 spiro atoms. The predicted octanol–water partition coefficient (Wildman–Crippen LogP) is 1.39. The molecule has 2 N–H and O–H groups in total. The van der Waals surface area contributed by atoms with Crippen LogP contribution in [0.25, 0.3) is 0 Å². The molecule has 1 aliphatic carbocycles. The Labute approximate surface area is 104 Å². The van der Waals surface area contributed by atoms with Gasteiger partial charge in [-0.1, -0.05) is 13.8 Å². The minimum Gasteiger partial charge on any atom is -0.465 e. The molecule has 0 heterocycles. The highest BCUT2D eigenvalue weighted by atomic mass is 16.5. The third kappa shape index (κ3) is 5.50. The van der Waals surface area contributed by atoms with E-state index in [9.17, 15) is 4.79 Å². The van der Waals surface area contributed by atoms with Gasteiger partial charge in [-0.05, 0) is 32.1 Å². The summed E-state index contributed by atoms with van der Waals surface area (Å²) < 4.78 is 4.91. The number of esters is 1. The van der Waals surface area contributed by atoms with Gasteiger partial charge in [-0.2, -0.15) is 0 Å². The van der Waals surface area contributed by atoms with Crippen molar-refractivity contribution in [3.05, 3.63) is 0 Å². The quantitative estimate of drug-likeness (QED) is 0.653. The van der Waals surface area contributed by atoms with Crippen molar-refractivity contribution in [3.63, 3.8) is 0 Å². The van der Waals surface area contributed by atoms with Crippen LogP contribution in [0, 0.1) is 5.92 Å². The van der Waals surface area contributed by atoms with Crippen LogP contribution < -0.4 is 5.73 Å². The molecule has 0 aromatic carbocycles. The fourth-order valence-electron chi connectivity index (χ4n) is 2.00. The molecule has 1 rings (SSSR count). The zero-order valence-electron chi connectivity index (χ0n) is 11.3. The van der Waals surface area contributed by atoms with Crippen LogP contribution in [0.15, 0.2) is 0 Å². The highest BCUT2D eigenvalue weighted by Crippen LogP contribution is 2.27. The lowest BCUT2D eigenvalue weighted by Gasteiger charge is -2.25. The van der Waals surface area contributed by atoms with E-state index in [4.69, 9.17) is 10.5 Å². The largest absolute Gasteiger partial charge is 0.465 e. The molecular weight excluding hydrogens is 216 g/mol. The first kappa shape index (κ1) is 14.5. The average molecular weight is 242 g/mol. The second kappa shape index (κ2) is 6.97. The molecule has 1 atom stereocenters. The molecule has 4 nitrogen and oxygen atoms in total. The van der Waals surface area contributed by atoms with Crippen molar-refractivity contribution >= 4 is 5.97 Å². The zero-order valence-corrected chi connectivity index (χ0v) is 11.3. The fourth-order valence-corrected chi connectivity index (χ4v) is 2.00. The van der Waals surface area contributed by atoms with Gasteiger partial charge in [-0.3, -0.25) is 4.79 Å². The summed E-state index contributed by atoms with van der Waals surface area (Å²) in [5.41, 5.74) is 5.80. The highest BCUT2D eigenvalue weighted by Gasteiger charge is 2.29. The standard InChI is InChI=1S/C13H26N2O2/c1-4-17-13(16)12(14)7-8-15(9-10(2)3)11-5-6-11/h10-12H,4-9,14H2,1-3H3. The van der Waals surface area contributed by atoms with Gasteiger partial charge in [0.1, 0.15) is 6.04 Å². The first-order valence-electron chi connectivity index (χ1n) is 6.70. The number of nitrogens with two attached hydrogens (primary N) is 1. The van der Waals surface area contributed by atoms with Crippen LogP contribution in [0.4, 0.5) is 0 Å². The topological polar surface area (TPSA) is 55.6 Å². The molecule has 0 aromatic rings. The number of carbonyl (C=O) groups excluding carboxylic acids is 1. The van der Waals surface area contributed by atoms with E-state index in [2.05, 4.69) is 18.7 Å². The normalized spacial score (nSPS) is 17.5. The molecule has 0 saturated heterocycles. The number of nitrogens with zero attached hydrogens (tertiary/aromatic N) is 1. The van der Waals surface area contributed by atoms with Gasteiger partial charge in [0.25, 0.3) is 0 Å². The summed E-state index contributed by atoms with van der Waals surface area (Å²) in [6, 6.07) is 0.259. The molecule has 0 radical (unpaired) electrons. The summed E-state index contributed by atoms with van der Waals surface area (Å²) in [4.78, 5) is 13.9. The summed E-state index contributed by atoms with van der Waals surface area (Å²) >= 11 is 0. The third-order valence-electron chi connectivity index (χ3n) is 2.98. The van der Waals surface area contributed by atoms with Gasteiger partial charge in [0.05, 0.1) is 6.61 Å². The summed E-state index contributed by atoms with van der Waals surface area (Å²) in [7, 11) is 0. The summed E-state index contributed by atoms with van der Waals surface area (Å²) in [5.74, 6) is 0.391. The van der Waals surface area contributed by atoms with Gasteiger partial charge in [-0.25, -0.2) is 0 Å². The van der Waals surface area contributed by atoms with Gasteiger partial charge in [0.2, 0.25) is 0 Å². The van der Waals surface area contributed by atoms with E-state index >= 15 is 0 Å². The Kier molecular flexibility index (Phi) is 5.92. The van der Waals surface area contributed by atoms with Crippen molar-refractivity contribution in [2.45, 2.75) is 52.1 Å². The molecule has 0 aromatic heterocycles. The lowest BCUT2D eigenvalue weighted by Crippen LogP contribution is -2.38. The average Bonchev–Trinajstić information content (AvgIpc) is 3.07. The molecule has 0 bridgehead atoms. The highest BCUT2D eigenvalue weighted by molar-refractivity contribution is 5.75. The smallest absolute Gasteiger partial charge is 0.322 e. The van der Waals surface area contributed by atoms with E-state index in [1.807, 2.05) is 0 Å². The Morgan fingerprint density at radius 1 is 1.47 bits per heavy atom. The predicted molar refractivity (Wildman–Crippen MR) is 68.7 cm³/mol. The number of carbonyl (C=O) groups is 1. The van der Waals surface area contributed by atoms with Crippen LogP contribution in [0.2, 0.25) is 0 Å². The third-order valence-corrected chi connectivity index (χ3v) is 2.98. The maximum absolute atomic E-state index is 11.4. The number of hydrogen-bond acceptors (Lipinski definition) is 4. The van der Waals surface area contributed by atoms with E-state index in [1.54, 1.807) is 6.92 Å². The second-order valence-electron chi connectivity index (χ2n) is 5.27.